The molecule has 0 aromatic carbocycles. The lowest BCUT2D eigenvalue weighted by molar-refractivity contribution is -0.120. The predicted octanol–water partition coefficient (Wildman–Crippen LogP) is 4.11. The molecule has 0 bridgehead atoms. The van der Waals surface area contributed by atoms with Gasteiger partial charge in [-0.05, 0) is 62.9 Å². The molecule has 0 amide bonds. The molecule has 1 aliphatic rings. The van der Waals surface area contributed by atoms with Crippen LogP contribution < -0.4 is 11.1 Å². The van der Waals surface area contributed by atoms with Gasteiger partial charge >= 0.3 is 0 Å². The first kappa shape index (κ1) is 24.3. The first-order valence-corrected chi connectivity index (χ1v) is 10.0. The summed E-state index contributed by atoms with van der Waals surface area (Å²) in [5, 5.41) is 3.35. The number of nitrogens with one attached hydrogen (secondary N) is 1. The molecule has 1 atom stereocenters. The maximum Gasteiger partial charge on any atom is 0.130 e. The van der Waals surface area contributed by atoms with Gasteiger partial charge in [0.05, 0.1) is 0 Å². The van der Waals surface area contributed by atoms with Gasteiger partial charge in [0, 0.05) is 19.4 Å². The molecule has 4 heteroatoms. The van der Waals surface area contributed by atoms with E-state index in [1.165, 1.54) is 51.5 Å². The van der Waals surface area contributed by atoms with Crippen molar-refractivity contribution in [3.8, 4) is 0 Å². The zero-order valence-corrected chi connectivity index (χ0v) is 17.3. The Morgan fingerprint density at radius 2 is 1.88 bits per heavy atom. The first-order valence-electron chi connectivity index (χ1n) is 10.0. The second kappa shape index (κ2) is 12.6. The molecule has 0 aromatic rings. The van der Waals surface area contributed by atoms with Gasteiger partial charge < -0.3 is 20.6 Å². The van der Waals surface area contributed by atoms with Gasteiger partial charge in [0.2, 0.25) is 0 Å². The minimum Gasteiger partial charge on any atom is -0.330 e. The zero-order valence-electron chi connectivity index (χ0n) is 17.3. The number of nitrogens with two attached hydrogens (primary N) is 1. The van der Waals surface area contributed by atoms with E-state index in [0.717, 1.165) is 12.8 Å². The standard InChI is InChI=1S/C11H24N2.C10H18O2/c1-13-10-11(8-5-9-12)6-3-2-4-7-11;1-8(5-6-11)10(3,4)7-9(2)12/h13H,2-10,12H2,1H3;6,8H,5,7H2,1-4H3. The van der Waals surface area contributed by atoms with Gasteiger partial charge in [-0.15, -0.1) is 0 Å². The molecule has 0 spiro atoms. The molecule has 0 aromatic heterocycles. The van der Waals surface area contributed by atoms with Crippen LogP contribution >= 0.6 is 0 Å². The van der Waals surface area contributed by atoms with Crippen molar-refractivity contribution in [1.29, 1.82) is 0 Å². The third-order valence-electron chi connectivity index (χ3n) is 5.87. The molecule has 148 valence electrons. The van der Waals surface area contributed by atoms with E-state index in [4.69, 9.17) is 5.73 Å². The molecule has 0 saturated heterocycles. The van der Waals surface area contributed by atoms with Crippen molar-refractivity contribution < 1.29 is 9.59 Å². The van der Waals surface area contributed by atoms with Gasteiger partial charge in [-0.2, -0.15) is 0 Å². The Kier molecular flexibility index (Phi) is 12.2. The van der Waals surface area contributed by atoms with E-state index in [-0.39, 0.29) is 17.1 Å². The summed E-state index contributed by atoms with van der Waals surface area (Å²) in [5.74, 6) is 0.469. The molecule has 0 heterocycles. The number of ketones is 1. The highest BCUT2D eigenvalue weighted by molar-refractivity contribution is 5.76. The lowest BCUT2D eigenvalue weighted by atomic mass is 9.71. The van der Waals surface area contributed by atoms with Crippen LogP contribution in [0.15, 0.2) is 0 Å². The molecule has 1 unspecified atom stereocenters. The quantitative estimate of drug-likeness (QED) is 0.579. The molecule has 25 heavy (non-hydrogen) atoms. The van der Waals surface area contributed by atoms with Crippen molar-refractivity contribution in [2.45, 2.75) is 85.5 Å². The summed E-state index contributed by atoms with van der Waals surface area (Å²) in [4.78, 5) is 21.1. The second-order valence-electron chi connectivity index (χ2n) is 8.65. The molecular weight excluding hydrogens is 312 g/mol. The highest BCUT2D eigenvalue weighted by Crippen LogP contribution is 2.39. The van der Waals surface area contributed by atoms with Gasteiger partial charge in [-0.25, -0.2) is 0 Å². The smallest absolute Gasteiger partial charge is 0.130 e. The summed E-state index contributed by atoms with van der Waals surface area (Å²) in [5.41, 5.74) is 6.12. The Hall–Kier alpha value is -0.740. The van der Waals surface area contributed by atoms with E-state index in [1.54, 1.807) is 6.92 Å². The van der Waals surface area contributed by atoms with Crippen molar-refractivity contribution >= 4 is 12.1 Å². The lowest BCUT2D eigenvalue weighted by Gasteiger charge is -2.37. The highest BCUT2D eigenvalue weighted by Gasteiger charge is 2.30. The van der Waals surface area contributed by atoms with E-state index < -0.39 is 0 Å². The second-order valence-corrected chi connectivity index (χ2v) is 8.65. The number of aldehydes is 1. The Morgan fingerprint density at radius 3 is 2.32 bits per heavy atom. The summed E-state index contributed by atoms with van der Waals surface area (Å²) in [6.07, 6.45) is 11.6. The van der Waals surface area contributed by atoms with Crippen LogP contribution in [0.2, 0.25) is 0 Å². The lowest BCUT2D eigenvalue weighted by Crippen LogP contribution is -2.35. The Balaban J connectivity index is 0.000000463. The number of hydrogen-bond acceptors (Lipinski definition) is 4. The molecule has 1 saturated carbocycles. The van der Waals surface area contributed by atoms with Crippen molar-refractivity contribution in [2.24, 2.45) is 22.5 Å². The number of carbonyl (C=O) groups is 2. The summed E-state index contributed by atoms with van der Waals surface area (Å²) < 4.78 is 0. The minimum atomic E-state index is -0.0489. The van der Waals surface area contributed by atoms with E-state index >= 15 is 0 Å². The van der Waals surface area contributed by atoms with E-state index in [1.807, 2.05) is 20.8 Å². The van der Waals surface area contributed by atoms with Crippen molar-refractivity contribution in [3.63, 3.8) is 0 Å². The van der Waals surface area contributed by atoms with Crippen molar-refractivity contribution in [3.05, 3.63) is 0 Å². The molecule has 3 N–H and O–H groups in total. The fraction of sp³-hybridized carbons (Fsp3) is 0.905. The molecular formula is C21H42N2O2. The zero-order chi connectivity index (χ0) is 19.3. The topological polar surface area (TPSA) is 72.2 Å². The van der Waals surface area contributed by atoms with Gasteiger partial charge in [0.25, 0.3) is 0 Å². The van der Waals surface area contributed by atoms with Crippen LogP contribution in [0.1, 0.15) is 85.5 Å². The van der Waals surface area contributed by atoms with Crippen LogP contribution in [0, 0.1) is 16.7 Å². The largest absolute Gasteiger partial charge is 0.330 e. The third-order valence-corrected chi connectivity index (χ3v) is 5.87. The molecule has 0 radical (unpaired) electrons. The fourth-order valence-corrected chi connectivity index (χ4v) is 3.95. The van der Waals surface area contributed by atoms with Crippen LogP contribution in [0.5, 0.6) is 0 Å². The summed E-state index contributed by atoms with van der Waals surface area (Å²) in [6.45, 7) is 9.70. The first-order chi connectivity index (χ1) is 11.7. The summed E-state index contributed by atoms with van der Waals surface area (Å²) in [7, 11) is 2.07. The molecule has 1 aliphatic carbocycles. The van der Waals surface area contributed by atoms with Crippen LogP contribution in [-0.4, -0.2) is 32.2 Å². The monoisotopic (exact) mass is 354 g/mol. The van der Waals surface area contributed by atoms with Gasteiger partial charge in [0.1, 0.15) is 12.1 Å². The molecule has 1 rings (SSSR count). The maximum absolute atomic E-state index is 10.9. The van der Waals surface area contributed by atoms with E-state index in [0.29, 0.717) is 18.3 Å². The van der Waals surface area contributed by atoms with Crippen molar-refractivity contribution in [2.75, 3.05) is 20.1 Å². The van der Waals surface area contributed by atoms with Crippen LogP contribution in [0.25, 0.3) is 0 Å². The molecule has 1 fully saturated rings. The van der Waals surface area contributed by atoms with Gasteiger partial charge in [-0.1, -0.05) is 40.0 Å². The molecule has 4 nitrogen and oxygen atoms in total. The van der Waals surface area contributed by atoms with Crippen LogP contribution in [0.4, 0.5) is 0 Å². The Morgan fingerprint density at radius 1 is 1.28 bits per heavy atom. The minimum absolute atomic E-state index is 0.0489. The average molecular weight is 355 g/mol. The predicted molar refractivity (Wildman–Crippen MR) is 107 cm³/mol. The Bertz CT molecular complexity index is 369. The van der Waals surface area contributed by atoms with E-state index in [9.17, 15) is 9.59 Å². The average Bonchev–Trinajstić information content (AvgIpc) is 2.54. The van der Waals surface area contributed by atoms with Crippen LogP contribution in [-0.2, 0) is 9.59 Å². The Labute approximate surface area is 155 Å². The SMILES string of the molecule is CC(=O)CC(C)(C)C(C)CC=O.CNCC1(CCCN)CCCCC1. The van der Waals surface area contributed by atoms with E-state index in [2.05, 4.69) is 12.4 Å². The van der Waals surface area contributed by atoms with Gasteiger partial charge in [0.15, 0.2) is 0 Å². The summed E-state index contributed by atoms with van der Waals surface area (Å²) in [6, 6.07) is 0. The number of carbonyl (C=O) groups excluding carboxylic acids is 2. The van der Waals surface area contributed by atoms with Crippen molar-refractivity contribution in [1.82, 2.24) is 5.32 Å². The maximum atomic E-state index is 10.9. The fourth-order valence-electron chi connectivity index (χ4n) is 3.95. The normalized spacial score (nSPS) is 18.0. The molecule has 0 aliphatic heterocycles. The number of rotatable bonds is 10. The number of hydrogen-bond donors (Lipinski definition) is 2. The number of Topliss-reactive ketones (excluding diaryl/α,β-unsaturated/α-hetero) is 1. The van der Waals surface area contributed by atoms with Crippen LogP contribution in [0.3, 0.4) is 0 Å². The summed E-state index contributed by atoms with van der Waals surface area (Å²) >= 11 is 0. The highest BCUT2D eigenvalue weighted by atomic mass is 16.1. The third kappa shape index (κ3) is 10.1. The van der Waals surface area contributed by atoms with Gasteiger partial charge in [-0.3, -0.25) is 0 Å².